The smallest absolute Gasteiger partial charge is 0.345 e. The molecule has 0 unspecified atom stereocenters. The van der Waals surface area contributed by atoms with Crippen molar-refractivity contribution in [2.24, 2.45) is 5.10 Å². The Kier molecular flexibility index (Phi) is 7.70. The molecule has 3 aromatic carbocycles. The normalized spacial score (nSPS) is 11.1. The lowest BCUT2D eigenvalue weighted by molar-refractivity contribution is -0.120. The van der Waals surface area contributed by atoms with Gasteiger partial charge in [0.25, 0.3) is 0 Å². The zero-order valence-electron chi connectivity index (χ0n) is 18.7. The maximum Gasteiger partial charge on any atom is 0.345 e. The first-order valence-electron chi connectivity index (χ1n) is 10.8. The maximum atomic E-state index is 12.5. The molecule has 1 heterocycles. The molecule has 4 aromatic rings. The Morgan fingerprint density at radius 1 is 1.06 bits per heavy atom. The van der Waals surface area contributed by atoms with Gasteiger partial charge in [0.1, 0.15) is 10.6 Å². The molecule has 0 aliphatic rings. The van der Waals surface area contributed by atoms with E-state index in [0.29, 0.717) is 10.7 Å². The Morgan fingerprint density at radius 2 is 1.83 bits per heavy atom. The van der Waals surface area contributed by atoms with Crippen molar-refractivity contribution in [2.75, 3.05) is 11.9 Å². The summed E-state index contributed by atoms with van der Waals surface area (Å²) in [6.45, 7) is 1.84. The molecule has 1 amide bonds. The number of esters is 1. The van der Waals surface area contributed by atoms with E-state index in [4.69, 9.17) is 32.4 Å². The minimum Gasteiger partial charge on any atom is -0.462 e. The number of anilines is 2. The fourth-order valence-corrected chi connectivity index (χ4v) is 3.95. The Bertz CT molecular complexity index is 1410. The van der Waals surface area contributed by atoms with E-state index in [0.717, 1.165) is 16.3 Å². The van der Waals surface area contributed by atoms with E-state index in [1.54, 1.807) is 31.2 Å². The van der Waals surface area contributed by atoms with E-state index in [1.165, 1.54) is 6.21 Å². The number of hydrazone groups is 1. The number of hydrogen-bond acceptors (Lipinski definition) is 6. The van der Waals surface area contributed by atoms with Crippen molar-refractivity contribution < 1.29 is 18.7 Å². The predicted octanol–water partition coefficient (Wildman–Crippen LogP) is 6.35. The summed E-state index contributed by atoms with van der Waals surface area (Å²) < 4.78 is 10.8. The van der Waals surface area contributed by atoms with E-state index in [-0.39, 0.29) is 41.2 Å². The van der Waals surface area contributed by atoms with Crippen molar-refractivity contribution in [2.45, 2.75) is 13.3 Å². The van der Waals surface area contributed by atoms with Crippen LogP contribution in [0.3, 0.4) is 0 Å². The number of amides is 1. The molecule has 9 heteroatoms. The van der Waals surface area contributed by atoms with Crippen LogP contribution in [0.25, 0.3) is 10.8 Å². The average molecular weight is 510 g/mol. The number of furan rings is 1. The second kappa shape index (κ2) is 11.1. The zero-order valence-corrected chi connectivity index (χ0v) is 20.2. The van der Waals surface area contributed by atoms with Crippen LogP contribution in [0, 0.1) is 0 Å². The molecule has 4 rings (SSSR count). The number of carbonyl (C=O) groups is 2. The highest BCUT2D eigenvalue weighted by atomic mass is 35.5. The third-order valence-electron chi connectivity index (χ3n) is 5.04. The van der Waals surface area contributed by atoms with Crippen LogP contribution >= 0.6 is 23.2 Å². The Labute approximate surface area is 211 Å². The van der Waals surface area contributed by atoms with Gasteiger partial charge in [-0.05, 0) is 41.5 Å². The van der Waals surface area contributed by atoms with Gasteiger partial charge in [-0.15, -0.1) is 0 Å². The molecule has 35 heavy (non-hydrogen) atoms. The molecular formula is C26H21Cl2N3O4. The standard InChI is InChI=1S/C26H21Cl2N3O4/c1-2-34-26(33)23-24(28)21(35-25(23)30-19-11-6-10-18(27)14-19)15-29-31-22(32)13-17-9-5-8-16-7-3-4-12-20(16)17/h3-12,14-15,30H,2,13H2,1H3,(H,31,32)/b29-15-. The monoisotopic (exact) mass is 509 g/mol. The number of ether oxygens (including phenoxy) is 1. The van der Waals surface area contributed by atoms with Crippen molar-refractivity contribution in [3.63, 3.8) is 0 Å². The van der Waals surface area contributed by atoms with E-state index >= 15 is 0 Å². The number of hydrogen-bond donors (Lipinski definition) is 2. The minimum atomic E-state index is -0.662. The maximum absolute atomic E-state index is 12.5. The lowest BCUT2D eigenvalue weighted by atomic mass is 10.0. The van der Waals surface area contributed by atoms with Crippen LogP contribution in [0.5, 0.6) is 0 Å². The van der Waals surface area contributed by atoms with Crippen LogP contribution in [-0.2, 0) is 16.0 Å². The molecule has 0 atom stereocenters. The molecule has 0 spiro atoms. The third-order valence-corrected chi connectivity index (χ3v) is 5.65. The summed E-state index contributed by atoms with van der Waals surface area (Å²) >= 11 is 12.4. The number of halogens is 2. The molecule has 0 bridgehead atoms. The third kappa shape index (κ3) is 5.82. The Morgan fingerprint density at radius 3 is 2.63 bits per heavy atom. The summed E-state index contributed by atoms with van der Waals surface area (Å²) in [5.74, 6) is -0.836. The minimum absolute atomic E-state index is 0.0000282. The summed E-state index contributed by atoms with van der Waals surface area (Å²) in [7, 11) is 0. The van der Waals surface area contributed by atoms with Crippen LogP contribution in [0.4, 0.5) is 11.6 Å². The number of carbonyl (C=O) groups excluding carboxylic acids is 2. The molecule has 0 fully saturated rings. The Balaban J connectivity index is 1.52. The molecule has 0 saturated heterocycles. The quantitative estimate of drug-likeness (QED) is 0.164. The van der Waals surface area contributed by atoms with Gasteiger partial charge in [-0.3, -0.25) is 4.79 Å². The lowest BCUT2D eigenvalue weighted by Crippen LogP contribution is -2.19. The van der Waals surface area contributed by atoms with Gasteiger partial charge in [0.05, 0.1) is 19.2 Å². The van der Waals surface area contributed by atoms with Gasteiger partial charge in [-0.25, -0.2) is 10.2 Å². The fraction of sp³-hybridized carbons (Fsp3) is 0.115. The van der Waals surface area contributed by atoms with E-state index in [9.17, 15) is 9.59 Å². The van der Waals surface area contributed by atoms with Gasteiger partial charge < -0.3 is 14.5 Å². The van der Waals surface area contributed by atoms with Crippen molar-refractivity contribution in [1.29, 1.82) is 0 Å². The number of benzene rings is 3. The average Bonchev–Trinajstić information content (AvgIpc) is 3.14. The first kappa shape index (κ1) is 24.3. The van der Waals surface area contributed by atoms with Crippen LogP contribution in [0.15, 0.2) is 76.2 Å². The second-order valence-electron chi connectivity index (χ2n) is 7.45. The molecule has 1 aromatic heterocycles. The number of nitrogens with zero attached hydrogens (tertiary/aromatic N) is 1. The van der Waals surface area contributed by atoms with Gasteiger partial charge in [0.15, 0.2) is 5.76 Å². The van der Waals surface area contributed by atoms with Crippen LogP contribution in [0.1, 0.15) is 28.6 Å². The zero-order chi connectivity index (χ0) is 24.8. The molecule has 0 aliphatic heterocycles. The highest BCUT2D eigenvalue weighted by Gasteiger charge is 2.25. The summed E-state index contributed by atoms with van der Waals surface area (Å²) in [5.41, 5.74) is 3.94. The summed E-state index contributed by atoms with van der Waals surface area (Å²) in [5, 5.41) is 9.48. The van der Waals surface area contributed by atoms with Gasteiger partial charge in [0, 0.05) is 10.7 Å². The predicted molar refractivity (Wildman–Crippen MR) is 138 cm³/mol. The van der Waals surface area contributed by atoms with E-state index in [1.807, 2.05) is 42.5 Å². The Hall–Kier alpha value is -3.81. The molecular weight excluding hydrogens is 489 g/mol. The van der Waals surface area contributed by atoms with E-state index < -0.39 is 5.97 Å². The number of fused-ring (bicyclic) bond motifs is 1. The molecule has 7 nitrogen and oxygen atoms in total. The summed E-state index contributed by atoms with van der Waals surface area (Å²) in [6.07, 6.45) is 1.37. The topological polar surface area (TPSA) is 92.9 Å². The molecule has 0 aliphatic carbocycles. The second-order valence-corrected chi connectivity index (χ2v) is 8.26. The molecule has 178 valence electrons. The summed E-state index contributed by atoms with van der Waals surface area (Å²) in [4.78, 5) is 25.0. The van der Waals surface area contributed by atoms with Gasteiger partial charge in [0.2, 0.25) is 11.8 Å². The SMILES string of the molecule is CCOC(=O)c1c(Nc2cccc(Cl)c2)oc(/C=N\NC(=O)Cc2cccc3ccccc23)c1Cl. The first-order valence-corrected chi connectivity index (χ1v) is 11.5. The van der Waals surface area contributed by atoms with Crippen molar-refractivity contribution >= 4 is 63.6 Å². The first-order chi connectivity index (χ1) is 17.0. The largest absolute Gasteiger partial charge is 0.462 e. The highest BCUT2D eigenvalue weighted by molar-refractivity contribution is 6.36. The van der Waals surface area contributed by atoms with Crippen molar-refractivity contribution in [3.8, 4) is 0 Å². The van der Waals surface area contributed by atoms with Crippen molar-refractivity contribution in [1.82, 2.24) is 5.43 Å². The van der Waals surface area contributed by atoms with Gasteiger partial charge >= 0.3 is 5.97 Å². The highest BCUT2D eigenvalue weighted by Crippen LogP contribution is 2.34. The number of nitrogens with one attached hydrogen (secondary N) is 2. The van der Waals surface area contributed by atoms with Crippen LogP contribution in [0.2, 0.25) is 10.0 Å². The summed E-state index contributed by atoms with van der Waals surface area (Å²) in [6, 6.07) is 20.5. The van der Waals surface area contributed by atoms with E-state index in [2.05, 4.69) is 15.8 Å². The molecule has 0 radical (unpaired) electrons. The van der Waals surface area contributed by atoms with Crippen LogP contribution in [-0.4, -0.2) is 24.7 Å². The molecule has 2 N–H and O–H groups in total. The van der Waals surface area contributed by atoms with Crippen LogP contribution < -0.4 is 10.7 Å². The molecule has 0 saturated carbocycles. The van der Waals surface area contributed by atoms with Gasteiger partial charge in [-0.2, -0.15) is 5.10 Å². The lowest BCUT2D eigenvalue weighted by Gasteiger charge is -2.06. The van der Waals surface area contributed by atoms with Crippen molar-refractivity contribution in [3.05, 3.63) is 93.7 Å². The van der Waals surface area contributed by atoms with Gasteiger partial charge in [-0.1, -0.05) is 71.7 Å². The number of rotatable bonds is 8. The fourth-order valence-electron chi connectivity index (χ4n) is 3.50.